The van der Waals surface area contributed by atoms with Gasteiger partial charge in [-0.15, -0.1) is 0 Å². The Kier molecular flexibility index (Phi) is 3.48. The van der Waals surface area contributed by atoms with Gasteiger partial charge in [-0.25, -0.2) is 0 Å². The van der Waals surface area contributed by atoms with Crippen LogP contribution < -0.4 is 0 Å². The van der Waals surface area contributed by atoms with Crippen molar-refractivity contribution in [3.05, 3.63) is 12.2 Å². The summed E-state index contributed by atoms with van der Waals surface area (Å²) in [7, 11) is 0. The van der Waals surface area contributed by atoms with Gasteiger partial charge in [0.15, 0.2) is 0 Å². The van der Waals surface area contributed by atoms with Crippen molar-refractivity contribution in [2.24, 2.45) is 17.3 Å². The van der Waals surface area contributed by atoms with E-state index in [4.69, 9.17) is 34.8 Å². The maximum atomic E-state index is 9.44. The average molecular weight is 258 g/mol. The van der Waals surface area contributed by atoms with E-state index in [2.05, 4.69) is 20.8 Å². The molecule has 0 radical (unpaired) electrons. The van der Waals surface area contributed by atoms with E-state index in [0.717, 1.165) is 0 Å². The van der Waals surface area contributed by atoms with Crippen molar-refractivity contribution in [2.45, 2.75) is 30.7 Å². The van der Waals surface area contributed by atoms with Crippen LogP contribution in [0.1, 0.15) is 20.8 Å². The van der Waals surface area contributed by atoms with E-state index in [9.17, 15) is 5.11 Å². The summed E-state index contributed by atoms with van der Waals surface area (Å²) < 4.78 is -1.63. The zero-order valence-electron chi connectivity index (χ0n) is 8.47. The van der Waals surface area contributed by atoms with Gasteiger partial charge in [0.1, 0.15) is 6.10 Å². The van der Waals surface area contributed by atoms with Crippen molar-refractivity contribution in [1.29, 1.82) is 0 Å². The van der Waals surface area contributed by atoms with E-state index >= 15 is 0 Å². The average Bonchev–Trinajstić information content (AvgIpc) is 2.46. The van der Waals surface area contributed by atoms with Crippen molar-refractivity contribution in [1.82, 2.24) is 0 Å². The molecule has 3 atom stereocenters. The lowest BCUT2D eigenvalue weighted by Gasteiger charge is -2.14. The molecular formula is C10H15Cl3O. The summed E-state index contributed by atoms with van der Waals surface area (Å²) in [6.45, 7) is 6.56. The van der Waals surface area contributed by atoms with Gasteiger partial charge >= 0.3 is 0 Å². The van der Waals surface area contributed by atoms with E-state index in [1.807, 2.05) is 6.08 Å². The van der Waals surface area contributed by atoms with Crippen LogP contribution in [0.3, 0.4) is 0 Å². The van der Waals surface area contributed by atoms with Gasteiger partial charge < -0.3 is 5.11 Å². The van der Waals surface area contributed by atoms with Crippen molar-refractivity contribution in [3.8, 4) is 0 Å². The molecule has 1 rings (SSSR count). The Morgan fingerprint density at radius 3 is 2.07 bits per heavy atom. The SMILES string of the molecule is C[C@@H]1[C@@H](C=CC(O)C(Cl)(Cl)Cl)C1(C)C. The number of aliphatic hydroxyl groups is 1. The Balaban J connectivity index is 2.51. The molecule has 82 valence electrons. The Morgan fingerprint density at radius 2 is 1.79 bits per heavy atom. The molecule has 0 aliphatic heterocycles. The number of hydrogen-bond donors (Lipinski definition) is 1. The van der Waals surface area contributed by atoms with Crippen LogP contribution in [0.4, 0.5) is 0 Å². The van der Waals surface area contributed by atoms with Crippen LogP contribution in [0.2, 0.25) is 0 Å². The largest absolute Gasteiger partial charge is 0.385 e. The minimum Gasteiger partial charge on any atom is -0.385 e. The third-order valence-electron chi connectivity index (χ3n) is 3.30. The Bertz CT molecular complexity index is 228. The highest BCUT2D eigenvalue weighted by atomic mass is 35.6. The molecule has 1 aliphatic carbocycles. The van der Waals surface area contributed by atoms with E-state index in [0.29, 0.717) is 17.3 Å². The lowest BCUT2D eigenvalue weighted by atomic mass is 10.1. The maximum absolute atomic E-state index is 9.44. The number of hydrogen-bond acceptors (Lipinski definition) is 1. The van der Waals surface area contributed by atoms with E-state index in [-0.39, 0.29) is 0 Å². The van der Waals surface area contributed by atoms with Gasteiger partial charge in [0.2, 0.25) is 3.79 Å². The zero-order chi connectivity index (χ0) is 11.1. The van der Waals surface area contributed by atoms with Crippen molar-refractivity contribution in [2.75, 3.05) is 0 Å². The highest BCUT2D eigenvalue weighted by Gasteiger charge is 2.52. The van der Waals surface area contributed by atoms with Crippen molar-refractivity contribution < 1.29 is 5.11 Å². The first-order chi connectivity index (χ1) is 6.17. The van der Waals surface area contributed by atoms with Gasteiger partial charge in [0.25, 0.3) is 0 Å². The molecule has 0 aromatic heterocycles. The summed E-state index contributed by atoms with van der Waals surface area (Å²) >= 11 is 16.6. The Morgan fingerprint density at radius 1 is 1.36 bits per heavy atom. The van der Waals surface area contributed by atoms with Gasteiger partial charge in [-0.1, -0.05) is 67.7 Å². The van der Waals surface area contributed by atoms with Crippen LogP contribution in [0, 0.1) is 17.3 Å². The molecule has 14 heavy (non-hydrogen) atoms. The molecule has 1 saturated carbocycles. The fraction of sp³-hybridized carbons (Fsp3) is 0.800. The molecule has 1 fully saturated rings. The first kappa shape index (κ1) is 12.6. The second kappa shape index (κ2) is 3.86. The summed E-state index contributed by atoms with van der Waals surface area (Å²) in [6, 6.07) is 0. The van der Waals surface area contributed by atoms with Crippen LogP contribution in [0.15, 0.2) is 12.2 Å². The molecule has 1 nitrogen and oxygen atoms in total. The van der Waals surface area contributed by atoms with Gasteiger partial charge in [-0.2, -0.15) is 0 Å². The molecule has 1 unspecified atom stereocenters. The highest BCUT2D eigenvalue weighted by molar-refractivity contribution is 6.68. The molecule has 0 aromatic rings. The molecule has 1 N–H and O–H groups in total. The first-order valence-electron chi connectivity index (χ1n) is 4.60. The summed E-state index contributed by atoms with van der Waals surface area (Å²) in [5.41, 5.74) is 0.309. The zero-order valence-corrected chi connectivity index (χ0v) is 10.7. The van der Waals surface area contributed by atoms with Crippen molar-refractivity contribution in [3.63, 3.8) is 0 Å². The molecule has 0 aromatic carbocycles. The number of alkyl halides is 3. The molecule has 0 amide bonds. The van der Waals surface area contributed by atoms with Crippen LogP contribution in [0.25, 0.3) is 0 Å². The van der Waals surface area contributed by atoms with E-state index in [1.165, 1.54) is 0 Å². The minimum absolute atomic E-state index is 0.309. The van der Waals surface area contributed by atoms with E-state index < -0.39 is 9.90 Å². The number of allylic oxidation sites excluding steroid dienone is 1. The predicted octanol–water partition coefficient (Wildman–Crippen LogP) is 3.57. The van der Waals surface area contributed by atoms with Crippen LogP contribution >= 0.6 is 34.8 Å². The molecular weight excluding hydrogens is 242 g/mol. The van der Waals surface area contributed by atoms with Gasteiger partial charge in [0, 0.05) is 0 Å². The Labute approximate surface area is 100 Å². The second-order valence-electron chi connectivity index (χ2n) is 4.51. The summed E-state index contributed by atoms with van der Waals surface area (Å²) in [6.07, 6.45) is 2.48. The third-order valence-corrected chi connectivity index (χ3v) is 3.97. The number of aliphatic hydroxyl groups excluding tert-OH is 1. The summed E-state index contributed by atoms with van der Waals surface area (Å²) in [5.74, 6) is 1.10. The normalized spacial score (nSPS) is 33.4. The fourth-order valence-corrected chi connectivity index (χ4v) is 1.91. The summed E-state index contributed by atoms with van der Waals surface area (Å²) in [4.78, 5) is 0. The number of rotatable bonds is 2. The summed E-state index contributed by atoms with van der Waals surface area (Å²) in [5, 5.41) is 9.44. The topological polar surface area (TPSA) is 20.2 Å². The fourth-order valence-electron chi connectivity index (χ4n) is 1.69. The second-order valence-corrected chi connectivity index (χ2v) is 6.88. The predicted molar refractivity (Wildman–Crippen MR) is 61.9 cm³/mol. The number of halogens is 3. The van der Waals surface area contributed by atoms with Crippen LogP contribution in [0.5, 0.6) is 0 Å². The lowest BCUT2D eigenvalue weighted by molar-refractivity contribution is 0.227. The van der Waals surface area contributed by atoms with E-state index in [1.54, 1.807) is 6.08 Å². The standard InChI is InChI=1S/C10H15Cl3O/c1-6-7(9(6,2)3)4-5-8(14)10(11,12)13/h4-8,14H,1-3H3/t6-,7-,8?/m1/s1. The highest BCUT2D eigenvalue weighted by Crippen LogP contribution is 2.58. The van der Waals surface area contributed by atoms with Crippen LogP contribution in [-0.4, -0.2) is 15.0 Å². The monoisotopic (exact) mass is 256 g/mol. The molecule has 0 bridgehead atoms. The van der Waals surface area contributed by atoms with Gasteiger partial charge in [-0.3, -0.25) is 0 Å². The van der Waals surface area contributed by atoms with Crippen LogP contribution in [-0.2, 0) is 0 Å². The first-order valence-corrected chi connectivity index (χ1v) is 5.74. The van der Waals surface area contributed by atoms with Gasteiger partial charge in [-0.05, 0) is 17.3 Å². The van der Waals surface area contributed by atoms with Crippen molar-refractivity contribution >= 4 is 34.8 Å². The van der Waals surface area contributed by atoms with Gasteiger partial charge in [0.05, 0.1) is 0 Å². The molecule has 0 spiro atoms. The lowest BCUT2D eigenvalue weighted by Crippen LogP contribution is -2.22. The maximum Gasteiger partial charge on any atom is 0.219 e. The Hall–Kier alpha value is 0.570. The molecule has 0 saturated heterocycles. The smallest absolute Gasteiger partial charge is 0.219 e. The third kappa shape index (κ3) is 2.57. The molecule has 1 aliphatic rings. The molecule has 4 heteroatoms. The molecule has 0 heterocycles. The minimum atomic E-state index is -1.63. The quantitative estimate of drug-likeness (QED) is 0.592.